The van der Waals surface area contributed by atoms with E-state index in [1.807, 2.05) is 0 Å². The lowest BCUT2D eigenvalue weighted by molar-refractivity contribution is -0.120. The monoisotopic (exact) mass is 316 g/mol. The van der Waals surface area contributed by atoms with Gasteiger partial charge in [-0.25, -0.2) is 4.79 Å². The first kappa shape index (κ1) is 15.6. The van der Waals surface area contributed by atoms with Crippen molar-refractivity contribution in [2.24, 2.45) is 0 Å². The number of hydrogen-bond acceptors (Lipinski definition) is 3. The van der Waals surface area contributed by atoms with Gasteiger partial charge in [-0.1, -0.05) is 18.2 Å². The van der Waals surface area contributed by atoms with Gasteiger partial charge in [0.05, 0.1) is 6.04 Å². The number of carbonyl (C=O) groups excluding carboxylic acids is 2. The molecule has 1 fully saturated rings. The molecule has 6 nitrogen and oxygen atoms in total. The Morgan fingerprint density at radius 2 is 2.00 bits per heavy atom. The van der Waals surface area contributed by atoms with Crippen molar-refractivity contribution in [1.82, 2.24) is 15.5 Å². The summed E-state index contributed by atoms with van der Waals surface area (Å²) in [5, 5.41) is 5.86. The van der Waals surface area contributed by atoms with E-state index in [1.54, 1.807) is 4.90 Å². The van der Waals surface area contributed by atoms with Crippen LogP contribution in [0.3, 0.4) is 0 Å². The number of para-hydroxylation sites is 1. The van der Waals surface area contributed by atoms with Gasteiger partial charge in [0.2, 0.25) is 5.91 Å². The van der Waals surface area contributed by atoms with Crippen molar-refractivity contribution in [3.8, 4) is 0 Å². The van der Waals surface area contributed by atoms with Crippen molar-refractivity contribution >= 4 is 17.6 Å². The smallest absolute Gasteiger partial charge is 0.317 e. The number of fused-ring (bicyclic) bond motifs is 1. The minimum Gasteiger partial charge on any atom is -0.374 e. The van der Waals surface area contributed by atoms with Gasteiger partial charge in [0.25, 0.3) is 0 Å². The Labute approximate surface area is 136 Å². The van der Waals surface area contributed by atoms with Crippen LogP contribution in [0.2, 0.25) is 0 Å². The molecule has 0 radical (unpaired) electrons. The number of amides is 3. The zero-order chi connectivity index (χ0) is 16.4. The van der Waals surface area contributed by atoms with Crippen LogP contribution in [-0.2, 0) is 4.79 Å². The third-order valence-corrected chi connectivity index (χ3v) is 4.68. The number of rotatable bonds is 3. The Hall–Kier alpha value is -2.24. The average molecular weight is 316 g/mol. The summed E-state index contributed by atoms with van der Waals surface area (Å²) in [4.78, 5) is 27.1. The predicted molar refractivity (Wildman–Crippen MR) is 89.6 cm³/mol. The number of likely N-dealkylation sites (tertiary alicyclic amines) is 1. The summed E-state index contributed by atoms with van der Waals surface area (Å²) >= 11 is 0. The first-order valence-corrected chi connectivity index (χ1v) is 8.14. The zero-order valence-corrected chi connectivity index (χ0v) is 13.7. The van der Waals surface area contributed by atoms with Gasteiger partial charge in [-0.2, -0.15) is 0 Å². The topological polar surface area (TPSA) is 64.7 Å². The van der Waals surface area contributed by atoms with Crippen molar-refractivity contribution in [3.63, 3.8) is 0 Å². The summed E-state index contributed by atoms with van der Waals surface area (Å²) in [6.07, 6.45) is 1.04. The predicted octanol–water partition coefficient (Wildman–Crippen LogP) is 1.14. The molecule has 0 spiro atoms. The lowest BCUT2D eigenvalue weighted by atomic mass is 9.90. The molecule has 2 aliphatic rings. The minimum absolute atomic E-state index is 0.0389. The molecule has 124 valence electrons. The van der Waals surface area contributed by atoms with Gasteiger partial charge in [-0.15, -0.1) is 0 Å². The van der Waals surface area contributed by atoms with E-state index in [0.29, 0.717) is 25.6 Å². The van der Waals surface area contributed by atoms with E-state index >= 15 is 0 Å². The molecule has 6 heteroatoms. The van der Waals surface area contributed by atoms with E-state index in [9.17, 15) is 9.59 Å². The second kappa shape index (κ2) is 6.48. The Bertz CT molecular complexity index is 598. The SMILES string of the molecule is CC(=O)NC1CN(C(=O)NCC2CCN(C)c3ccccc32)C1. The standard InChI is InChI=1S/C17H24N4O2/c1-12(22)19-14-10-21(11-14)17(23)18-9-13-7-8-20(2)16-6-4-3-5-15(13)16/h3-6,13-14H,7-11H2,1-2H3,(H,18,23)(H,19,22). The van der Waals surface area contributed by atoms with Crippen LogP contribution in [0, 0.1) is 0 Å². The number of nitrogens with zero attached hydrogens (tertiary/aromatic N) is 2. The van der Waals surface area contributed by atoms with E-state index in [4.69, 9.17) is 0 Å². The van der Waals surface area contributed by atoms with E-state index in [2.05, 4.69) is 46.8 Å². The summed E-state index contributed by atoms with van der Waals surface area (Å²) in [5.74, 6) is 0.316. The molecule has 1 atom stereocenters. The number of benzene rings is 1. The largest absolute Gasteiger partial charge is 0.374 e. The fourth-order valence-electron chi connectivity index (χ4n) is 3.36. The number of carbonyl (C=O) groups is 2. The maximum Gasteiger partial charge on any atom is 0.317 e. The highest BCUT2D eigenvalue weighted by molar-refractivity contribution is 5.77. The molecule has 1 aromatic rings. The quantitative estimate of drug-likeness (QED) is 0.879. The molecule has 3 amide bonds. The van der Waals surface area contributed by atoms with Gasteiger partial charge in [-0.05, 0) is 18.1 Å². The van der Waals surface area contributed by atoms with Crippen LogP contribution in [0.1, 0.15) is 24.8 Å². The third kappa shape index (κ3) is 3.41. The highest BCUT2D eigenvalue weighted by atomic mass is 16.2. The normalized spacial score (nSPS) is 20.5. The van der Waals surface area contributed by atoms with E-state index in [1.165, 1.54) is 18.2 Å². The van der Waals surface area contributed by atoms with Crippen LogP contribution in [0.15, 0.2) is 24.3 Å². The zero-order valence-electron chi connectivity index (χ0n) is 13.7. The minimum atomic E-state index is -0.0435. The molecule has 1 aromatic carbocycles. The van der Waals surface area contributed by atoms with Crippen LogP contribution < -0.4 is 15.5 Å². The van der Waals surface area contributed by atoms with Crippen LogP contribution in [0.4, 0.5) is 10.5 Å². The summed E-state index contributed by atoms with van der Waals surface area (Å²) in [6.45, 7) is 4.35. The summed E-state index contributed by atoms with van der Waals surface area (Å²) < 4.78 is 0. The molecule has 0 aromatic heterocycles. The van der Waals surface area contributed by atoms with Crippen LogP contribution in [0.5, 0.6) is 0 Å². The molecule has 0 aliphatic carbocycles. The van der Waals surface area contributed by atoms with Crippen LogP contribution in [-0.4, -0.2) is 56.1 Å². The van der Waals surface area contributed by atoms with E-state index in [0.717, 1.165) is 13.0 Å². The van der Waals surface area contributed by atoms with Gasteiger partial charge in [-0.3, -0.25) is 4.79 Å². The summed E-state index contributed by atoms with van der Waals surface area (Å²) in [6, 6.07) is 8.46. The second-order valence-electron chi connectivity index (χ2n) is 6.45. The van der Waals surface area contributed by atoms with Gasteiger partial charge in [0.1, 0.15) is 0 Å². The first-order valence-electron chi connectivity index (χ1n) is 8.14. The Morgan fingerprint density at radius 1 is 1.26 bits per heavy atom. The van der Waals surface area contributed by atoms with Crippen molar-refractivity contribution in [2.45, 2.75) is 25.3 Å². The molecule has 0 saturated carbocycles. The van der Waals surface area contributed by atoms with Crippen molar-refractivity contribution in [1.29, 1.82) is 0 Å². The Balaban J connectivity index is 1.51. The first-order chi connectivity index (χ1) is 11.0. The molecule has 2 heterocycles. The van der Waals surface area contributed by atoms with Gasteiger partial charge >= 0.3 is 6.03 Å². The van der Waals surface area contributed by atoms with Crippen molar-refractivity contribution in [3.05, 3.63) is 29.8 Å². The average Bonchev–Trinajstić information content (AvgIpc) is 2.49. The molecule has 1 saturated heterocycles. The summed E-state index contributed by atoms with van der Waals surface area (Å²) in [7, 11) is 2.11. The Morgan fingerprint density at radius 3 is 2.74 bits per heavy atom. The summed E-state index contributed by atoms with van der Waals surface area (Å²) in [5.41, 5.74) is 2.56. The van der Waals surface area contributed by atoms with Crippen molar-refractivity contribution in [2.75, 3.05) is 38.1 Å². The fraction of sp³-hybridized carbons (Fsp3) is 0.529. The number of nitrogens with one attached hydrogen (secondary N) is 2. The molecule has 2 N–H and O–H groups in total. The second-order valence-corrected chi connectivity index (χ2v) is 6.45. The molecule has 3 rings (SSSR count). The maximum atomic E-state index is 12.2. The molecule has 23 heavy (non-hydrogen) atoms. The van der Waals surface area contributed by atoms with Crippen molar-refractivity contribution < 1.29 is 9.59 Å². The molecule has 1 unspecified atom stereocenters. The van der Waals surface area contributed by atoms with Gasteiger partial charge in [0.15, 0.2) is 0 Å². The fourth-order valence-corrected chi connectivity index (χ4v) is 3.36. The number of hydrogen-bond donors (Lipinski definition) is 2. The van der Waals surface area contributed by atoms with Crippen LogP contribution in [0.25, 0.3) is 0 Å². The molecule has 2 aliphatic heterocycles. The molecular formula is C17H24N4O2. The van der Waals surface area contributed by atoms with E-state index in [-0.39, 0.29) is 18.0 Å². The van der Waals surface area contributed by atoms with Gasteiger partial charge < -0.3 is 20.4 Å². The highest BCUT2D eigenvalue weighted by Gasteiger charge is 2.31. The van der Waals surface area contributed by atoms with E-state index < -0.39 is 0 Å². The highest BCUT2D eigenvalue weighted by Crippen LogP contribution is 2.33. The lowest BCUT2D eigenvalue weighted by Gasteiger charge is -2.40. The maximum absolute atomic E-state index is 12.2. The molecular weight excluding hydrogens is 292 g/mol. The Kier molecular flexibility index (Phi) is 4.41. The van der Waals surface area contributed by atoms with Crippen LogP contribution >= 0.6 is 0 Å². The van der Waals surface area contributed by atoms with Gasteiger partial charge in [0, 0.05) is 51.8 Å². The number of urea groups is 1. The number of anilines is 1. The molecule has 0 bridgehead atoms. The third-order valence-electron chi connectivity index (χ3n) is 4.68. The lowest BCUT2D eigenvalue weighted by Crippen LogP contribution is -2.62.